The molecule has 1 aromatic heterocycles. The Kier molecular flexibility index (Phi) is 3.10. The van der Waals surface area contributed by atoms with E-state index in [-0.39, 0.29) is 5.82 Å². The average Bonchev–Trinajstić information content (AvgIpc) is 2.69. The van der Waals surface area contributed by atoms with Crippen LogP contribution in [-0.2, 0) is 0 Å². The molecule has 6 nitrogen and oxygen atoms in total. The van der Waals surface area contributed by atoms with Crippen LogP contribution < -0.4 is 16.6 Å². The molecule has 2 rings (SSSR count). The summed E-state index contributed by atoms with van der Waals surface area (Å²) in [5.41, 5.74) is -1.05. The maximum Gasteiger partial charge on any atom is 0.342 e. The molecular formula is C8H12N4O2S. The van der Waals surface area contributed by atoms with E-state index in [0.717, 1.165) is 12.3 Å². The minimum absolute atomic E-state index is 0.187. The van der Waals surface area contributed by atoms with E-state index >= 15 is 0 Å². The zero-order valence-electron chi connectivity index (χ0n) is 8.08. The lowest BCUT2D eigenvalue weighted by Crippen LogP contribution is -2.28. The molecule has 15 heavy (non-hydrogen) atoms. The fraction of sp³-hybridized carbons (Fsp3) is 0.625. The summed E-state index contributed by atoms with van der Waals surface area (Å²) in [6, 6.07) is 0. The summed E-state index contributed by atoms with van der Waals surface area (Å²) in [7, 11) is 0. The first kappa shape index (κ1) is 10.3. The van der Waals surface area contributed by atoms with Crippen LogP contribution in [0.5, 0.6) is 0 Å². The van der Waals surface area contributed by atoms with Gasteiger partial charge in [0.15, 0.2) is 0 Å². The van der Waals surface area contributed by atoms with E-state index < -0.39 is 11.2 Å². The van der Waals surface area contributed by atoms with Gasteiger partial charge in [-0.2, -0.15) is 11.8 Å². The number of anilines is 1. The van der Waals surface area contributed by atoms with E-state index in [2.05, 4.69) is 20.5 Å². The van der Waals surface area contributed by atoms with Crippen LogP contribution in [-0.4, -0.2) is 33.2 Å². The van der Waals surface area contributed by atoms with Gasteiger partial charge in [-0.1, -0.05) is 0 Å². The highest BCUT2D eigenvalue weighted by Gasteiger charge is 2.15. The second kappa shape index (κ2) is 4.52. The third-order valence-corrected chi connectivity index (χ3v) is 3.53. The molecule has 7 heteroatoms. The predicted octanol–water partition coefficient (Wildman–Crippen LogP) is -0.377. The van der Waals surface area contributed by atoms with Crippen LogP contribution in [0.3, 0.4) is 0 Å². The van der Waals surface area contributed by atoms with Gasteiger partial charge >= 0.3 is 5.69 Å². The van der Waals surface area contributed by atoms with Crippen LogP contribution in [0, 0.1) is 5.92 Å². The van der Waals surface area contributed by atoms with Gasteiger partial charge in [-0.3, -0.25) is 9.78 Å². The highest BCUT2D eigenvalue weighted by Crippen LogP contribution is 2.22. The average molecular weight is 228 g/mol. The molecule has 82 valence electrons. The predicted molar refractivity (Wildman–Crippen MR) is 59.4 cm³/mol. The first-order chi connectivity index (χ1) is 7.25. The number of aromatic amines is 2. The summed E-state index contributed by atoms with van der Waals surface area (Å²) in [6.07, 6.45) is 1.17. The summed E-state index contributed by atoms with van der Waals surface area (Å²) in [4.78, 5) is 24.1. The van der Waals surface area contributed by atoms with Crippen LogP contribution in [0.25, 0.3) is 0 Å². The molecule has 2 heterocycles. The van der Waals surface area contributed by atoms with Crippen LogP contribution in [0.4, 0.5) is 5.82 Å². The molecule has 0 saturated carbocycles. The Bertz CT molecular complexity index is 435. The quantitative estimate of drug-likeness (QED) is 0.656. The van der Waals surface area contributed by atoms with Crippen molar-refractivity contribution in [3.63, 3.8) is 0 Å². The van der Waals surface area contributed by atoms with Gasteiger partial charge in [-0.25, -0.2) is 9.89 Å². The minimum atomic E-state index is -0.582. The van der Waals surface area contributed by atoms with Crippen molar-refractivity contribution in [3.05, 3.63) is 20.8 Å². The Labute approximate surface area is 89.9 Å². The first-order valence-corrected chi connectivity index (χ1v) is 5.92. The van der Waals surface area contributed by atoms with Gasteiger partial charge < -0.3 is 5.32 Å². The number of hydrogen-bond acceptors (Lipinski definition) is 5. The second-order valence-corrected chi connectivity index (χ2v) is 4.62. The van der Waals surface area contributed by atoms with Crippen molar-refractivity contribution in [1.29, 1.82) is 0 Å². The molecule has 0 spiro atoms. The number of nitrogens with zero attached hydrogens (tertiary/aromatic N) is 1. The molecular weight excluding hydrogens is 216 g/mol. The lowest BCUT2D eigenvalue weighted by atomic mass is 10.1. The van der Waals surface area contributed by atoms with Crippen molar-refractivity contribution in [2.75, 3.05) is 23.4 Å². The van der Waals surface area contributed by atoms with Crippen LogP contribution in [0.1, 0.15) is 6.42 Å². The lowest BCUT2D eigenvalue weighted by molar-refractivity contribution is 0.628. The summed E-state index contributed by atoms with van der Waals surface area (Å²) in [5, 5.41) is 8.77. The van der Waals surface area contributed by atoms with Gasteiger partial charge in [-0.15, -0.1) is 5.10 Å². The zero-order valence-corrected chi connectivity index (χ0v) is 8.89. The van der Waals surface area contributed by atoms with E-state index in [1.54, 1.807) is 0 Å². The minimum Gasteiger partial charge on any atom is -0.364 e. The third kappa shape index (κ3) is 2.62. The normalized spacial score (nSPS) is 20.4. The zero-order chi connectivity index (χ0) is 10.7. The molecule has 1 unspecified atom stereocenters. The lowest BCUT2D eigenvalue weighted by Gasteiger charge is -2.08. The van der Waals surface area contributed by atoms with E-state index in [9.17, 15) is 9.59 Å². The first-order valence-electron chi connectivity index (χ1n) is 4.76. The highest BCUT2D eigenvalue weighted by atomic mass is 32.2. The third-order valence-electron chi connectivity index (χ3n) is 2.29. The van der Waals surface area contributed by atoms with Crippen molar-refractivity contribution in [3.8, 4) is 0 Å². The number of thioether (sulfide) groups is 1. The van der Waals surface area contributed by atoms with Crippen molar-refractivity contribution in [1.82, 2.24) is 15.2 Å². The summed E-state index contributed by atoms with van der Waals surface area (Å²) in [5.74, 6) is 3.07. The van der Waals surface area contributed by atoms with Crippen molar-refractivity contribution in [2.24, 2.45) is 5.92 Å². The topological polar surface area (TPSA) is 90.6 Å². The van der Waals surface area contributed by atoms with E-state index in [0.29, 0.717) is 5.92 Å². The number of aromatic nitrogens is 3. The van der Waals surface area contributed by atoms with Crippen LogP contribution >= 0.6 is 11.8 Å². The highest BCUT2D eigenvalue weighted by molar-refractivity contribution is 7.99. The van der Waals surface area contributed by atoms with Crippen molar-refractivity contribution >= 4 is 17.6 Å². The Morgan fingerprint density at radius 3 is 3.07 bits per heavy atom. The fourth-order valence-electron chi connectivity index (χ4n) is 1.45. The Morgan fingerprint density at radius 2 is 2.40 bits per heavy atom. The SMILES string of the molecule is O=c1[nH]nc(NCC2CCSC2)c(=O)[nH]1. The molecule has 3 N–H and O–H groups in total. The molecule has 0 bridgehead atoms. The van der Waals surface area contributed by atoms with Gasteiger partial charge in [0.25, 0.3) is 5.56 Å². The molecule has 1 aromatic rings. The van der Waals surface area contributed by atoms with Crippen LogP contribution in [0.15, 0.2) is 9.59 Å². The van der Waals surface area contributed by atoms with Crippen LogP contribution in [0.2, 0.25) is 0 Å². The molecule has 0 radical (unpaired) electrons. The van der Waals surface area contributed by atoms with Gasteiger partial charge in [-0.05, 0) is 23.8 Å². The molecule has 1 fully saturated rings. The molecule has 0 amide bonds. The summed E-state index contributed by atoms with van der Waals surface area (Å²) >= 11 is 1.92. The van der Waals surface area contributed by atoms with Crippen molar-refractivity contribution < 1.29 is 0 Å². The van der Waals surface area contributed by atoms with Crippen molar-refractivity contribution in [2.45, 2.75) is 6.42 Å². The molecule has 1 aliphatic heterocycles. The number of hydrogen-bond donors (Lipinski definition) is 3. The van der Waals surface area contributed by atoms with Gasteiger partial charge in [0.05, 0.1) is 0 Å². The molecule has 1 saturated heterocycles. The molecule has 1 aliphatic rings. The Hall–Kier alpha value is -1.24. The smallest absolute Gasteiger partial charge is 0.342 e. The molecule has 0 aliphatic carbocycles. The number of nitrogens with one attached hydrogen (secondary N) is 3. The van der Waals surface area contributed by atoms with E-state index in [1.165, 1.54) is 12.2 Å². The standard InChI is InChI=1S/C8H12N4O2S/c13-7-6(11-12-8(14)10-7)9-3-5-1-2-15-4-5/h5H,1-4H2,(H,9,11)(H2,10,12,13,14). The Morgan fingerprint density at radius 1 is 1.53 bits per heavy atom. The van der Waals surface area contributed by atoms with E-state index in [1.807, 2.05) is 11.8 Å². The molecule has 0 aromatic carbocycles. The maximum atomic E-state index is 11.2. The summed E-state index contributed by atoms with van der Waals surface area (Å²) in [6.45, 7) is 0.731. The van der Waals surface area contributed by atoms with Gasteiger partial charge in [0.1, 0.15) is 0 Å². The maximum absolute atomic E-state index is 11.2. The number of rotatable bonds is 3. The fourth-order valence-corrected chi connectivity index (χ4v) is 2.74. The monoisotopic (exact) mass is 228 g/mol. The van der Waals surface area contributed by atoms with Gasteiger partial charge in [0, 0.05) is 6.54 Å². The summed E-state index contributed by atoms with van der Waals surface area (Å²) < 4.78 is 0. The second-order valence-electron chi connectivity index (χ2n) is 3.47. The number of H-pyrrole nitrogens is 2. The largest absolute Gasteiger partial charge is 0.364 e. The Balaban J connectivity index is 1.98. The van der Waals surface area contributed by atoms with Gasteiger partial charge in [0.2, 0.25) is 5.82 Å². The molecule has 1 atom stereocenters. The van der Waals surface area contributed by atoms with E-state index in [4.69, 9.17) is 0 Å².